The molecule has 0 radical (unpaired) electrons. The fraction of sp³-hybridized carbons (Fsp3) is 0.571. The molecule has 0 saturated heterocycles. The first-order valence-electron chi connectivity index (χ1n) is 9.93. The molecule has 0 aromatic heterocycles. The van der Waals surface area contributed by atoms with Crippen molar-refractivity contribution >= 4 is 5.91 Å². The van der Waals surface area contributed by atoms with Gasteiger partial charge in [0.15, 0.2) is 5.76 Å². The fourth-order valence-corrected chi connectivity index (χ4v) is 3.14. The second kappa shape index (κ2) is 9.63. The molecule has 1 amide bonds. The molecule has 29 heavy (non-hydrogen) atoms. The first kappa shape index (κ1) is 21.6. The number of ether oxygens (including phenoxy) is 2. The van der Waals surface area contributed by atoms with Crippen molar-refractivity contribution in [1.82, 2.24) is 5.32 Å². The second-order valence-corrected chi connectivity index (χ2v) is 7.50. The van der Waals surface area contributed by atoms with E-state index in [1.165, 1.54) is 12.1 Å². The summed E-state index contributed by atoms with van der Waals surface area (Å²) in [6.07, 6.45) is 0.426. The van der Waals surface area contributed by atoms with Gasteiger partial charge in [-0.15, -0.1) is 0 Å². The molecule has 1 aliphatic heterocycles. The lowest BCUT2D eigenvalue weighted by molar-refractivity contribution is -0.146. The molecule has 1 aromatic carbocycles. The van der Waals surface area contributed by atoms with Gasteiger partial charge in [0.1, 0.15) is 0 Å². The van der Waals surface area contributed by atoms with Crippen LogP contribution < -0.4 is 5.32 Å². The van der Waals surface area contributed by atoms with E-state index in [0.717, 1.165) is 25.0 Å². The van der Waals surface area contributed by atoms with Gasteiger partial charge in [0.25, 0.3) is 5.91 Å². The summed E-state index contributed by atoms with van der Waals surface area (Å²) in [4.78, 5) is 12.5. The predicted octanol–water partition coefficient (Wildman–Crippen LogP) is 3.73. The van der Waals surface area contributed by atoms with Gasteiger partial charge in [0.05, 0.1) is 12.2 Å². The largest absolute Gasteiger partial charge is 0.459 e. The maximum atomic E-state index is 12.8. The minimum atomic E-state index is -4.39. The minimum absolute atomic E-state index is 0.0673. The smallest absolute Gasteiger partial charge is 0.416 e. The first-order chi connectivity index (χ1) is 13.9. The Balaban J connectivity index is 1.71. The Bertz CT molecular complexity index is 714. The Morgan fingerprint density at radius 3 is 2.55 bits per heavy atom. The quantitative estimate of drug-likeness (QED) is 0.606. The van der Waals surface area contributed by atoms with E-state index < -0.39 is 18.0 Å². The van der Waals surface area contributed by atoms with Crippen LogP contribution >= 0.6 is 0 Å². The SMILES string of the molecule is O=C(NCC1CC1)C1=C[C@H](c2ccc(C(F)(F)F)cc2)C[C@H](OCCCCO)O1. The van der Waals surface area contributed by atoms with Gasteiger partial charge in [-0.25, -0.2) is 0 Å². The van der Waals surface area contributed by atoms with Crippen molar-refractivity contribution < 1.29 is 32.5 Å². The summed E-state index contributed by atoms with van der Waals surface area (Å²) in [7, 11) is 0. The van der Waals surface area contributed by atoms with Crippen LogP contribution in [0.15, 0.2) is 36.1 Å². The van der Waals surface area contributed by atoms with Crippen molar-refractivity contribution in [2.45, 2.75) is 50.5 Å². The van der Waals surface area contributed by atoms with Gasteiger partial charge in [0.2, 0.25) is 6.29 Å². The Morgan fingerprint density at radius 1 is 1.21 bits per heavy atom. The molecule has 2 aliphatic rings. The van der Waals surface area contributed by atoms with Gasteiger partial charge >= 0.3 is 6.18 Å². The lowest BCUT2D eigenvalue weighted by Crippen LogP contribution is -2.34. The summed E-state index contributed by atoms with van der Waals surface area (Å²) in [6.45, 7) is 1.02. The first-order valence-corrected chi connectivity index (χ1v) is 9.93. The van der Waals surface area contributed by atoms with Crippen LogP contribution in [0.25, 0.3) is 0 Å². The third-order valence-corrected chi connectivity index (χ3v) is 5.05. The Hall–Kier alpha value is -2.06. The highest BCUT2D eigenvalue weighted by Gasteiger charge is 2.32. The van der Waals surface area contributed by atoms with E-state index in [-0.39, 0.29) is 24.2 Å². The number of amides is 1. The lowest BCUT2D eigenvalue weighted by Gasteiger charge is -2.29. The molecule has 3 rings (SSSR count). The molecule has 2 N–H and O–H groups in total. The average Bonchev–Trinajstić information content (AvgIpc) is 3.53. The molecule has 2 atom stereocenters. The number of nitrogens with one attached hydrogen (secondary N) is 1. The van der Waals surface area contributed by atoms with Crippen molar-refractivity contribution in [3.63, 3.8) is 0 Å². The number of allylic oxidation sites excluding steroid dienone is 1. The van der Waals surface area contributed by atoms with Crippen LogP contribution in [0.1, 0.15) is 49.1 Å². The third kappa shape index (κ3) is 6.47. The number of aliphatic hydroxyl groups excluding tert-OH is 1. The predicted molar refractivity (Wildman–Crippen MR) is 99.8 cm³/mol. The van der Waals surface area contributed by atoms with Crippen molar-refractivity contribution in [3.05, 3.63) is 47.2 Å². The zero-order valence-electron chi connectivity index (χ0n) is 16.1. The van der Waals surface area contributed by atoms with Gasteiger partial charge in [-0.2, -0.15) is 13.2 Å². The molecule has 0 unspecified atom stereocenters. The van der Waals surface area contributed by atoms with Crippen LogP contribution in [0.4, 0.5) is 13.2 Å². The molecule has 1 heterocycles. The number of carbonyl (C=O) groups excluding carboxylic acids is 1. The topological polar surface area (TPSA) is 67.8 Å². The Morgan fingerprint density at radius 2 is 1.93 bits per heavy atom. The number of halogens is 3. The van der Waals surface area contributed by atoms with E-state index in [4.69, 9.17) is 14.6 Å². The second-order valence-electron chi connectivity index (χ2n) is 7.50. The van der Waals surface area contributed by atoms with Crippen molar-refractivity contribution in [3.8, 4) is 0 Å². The van der Waals surface area contributed by atoms with E-state index in [1.807, 2.05) is 0 Å². The van der Waals surface area contributed by atoms with E-state index in [1.54, 1.807) is 6.08 Å². The van der Waals surface area contributed by atoms with Crippen LogP contribution in [0, 0.1) is 5.92 Å². The highest BCUT2D eigenvalue weighted by atomic mass is 19.4. The highest BCUT2D eigenvalue weighted by molar-refractivity contribution is 5.91. The van der Waals surface area contributed by atoms with Gasteiger partial charge in [0, 0.05) is 25.5 Å². The molecular weight excluding hydrogens is 387 g/mol. The zero-order chi connectivity index (χ0) is 20.9. The fourth-order valence-electron chi connectivity index (χ4n) is 3.14. The molecule has 0 bridgehead atoms. The normalized spacial score (nSPS) is 22.0. The number of aliphatic hydroxyl groups is 1. The Labute approximate surface area is 167 Å². The number of unbranched alkanes of at least 4 members (excludes halogenated alkanes) is 1. The van der Waals surface area contributed by atoms with E-state index >= 15 is 0 Å². The van der Waals surface area contributed by atoms with E-state index in [9.17, 15) is 18.0 Å². The average molecular weight is 413 g/mol. The molecule has 1 saturated carbocycles. The standard InChI is InChI=1S/C21H26F3NO4/c22-21(23,24)17-7-5-15(6-8-17)16-11-18(20(27)25-13-14-3-4-14)29-19(12-16)28-10-2-1-9-26/h5-8,11,14,16,19,26H,1-4,9-10,12-13H2,(H,25,27)/t16-,19+/m0/s1. The minimum Gasteiger partial charge on any atom is -0.459 e. The summed E-state index contributed by atoms with van der Waals surface area (Å²) in [5.41, 5.74) is -0.0470. The monoisotopic (exact) mass is 413 g/mol. The highest BCUT2D eigenvalue weighted by Crippen LogP contribution is 2.35. The summed E-state index contributed by atoms with van der Waals surface area (Å²) in [6, 6.07) is 4.95. The summed E-state index contributed by atoms with van der Waals surface area (Å²) >= 11 is 0. The lowest BCUT2D eigenvalue weighted by atomic mass is 9.92. The van der Waals surface area contributed by atoms with Crippen LogP contribution in [-0.4, -0.2) is 37.1 Å². The van der Waals surface area contributed by atoms with Gasteiger partial charge in [-0.05, 0) is 55.4 Å². The van der Waals surface area contributed by atoms with Gasteiger partial charge < -0.3 is 19.9 Å². The Kier molecular flexibility index (Phi) is 7.18. The van der Waals surface area contributed by atoms with E-state index in [2.05, 4.69) is 5.32 Å². The molecule has 1 fully saturated rings. The maximum absolute atomic E-state index is 12.8. The number of carbonyl (C=O) groups is 1. The van der Waals surface area contributed by atoms with E-state index in [0.29, 0.717) is 43.9 Å². The molecule has 160 valence electrons. The number of alkyl halides is 3. The third-order valence-electron chi connectivity index (χ3n) is 5.05. The van der Waals surface area contributed by atoms with Gasteiger partial charge in [-0.1, -0.05) is 12.1 Å². The van der Waals surface area contributed by atoms with Crippen LogP contribution in [0.5, 0.6) is 0 Å². The summed E-state index contributed by atoms with van der Waals surface area (Å²) in [5, 5.41) is 11.7. The van der Waals surface area contributed by atoms with Crippen LogP contribution in [0.2, 0.25) is 0 Å². The van der Waals surface area contributed by atoms with Crippen LogP contribution in [0.3, 0.4) is 0 Å². The molecule has 1 aromatic rings. The summed E-state index contributed by atoms with van der Waals surface area (Å²) in [5.74, 6) is 0.0151. The molecule has 1 aliphatic carbocycles. The number of hydrogen-bond acceptors (Lipinski definition) is 4. The van der Waals surface area contributed by atoms with Crippen molar-refractivity contribution in [2.24, 2.45) is 5.92 Å². The van der Waals surface area contributed by atoms with Crippen molar-refractivity contribution in [1.29, 1.82) is 0 Å². The number of benzene rings is 1. The molecule has 5 nitrogen and oxygen atoms in total. The van der Waals surface area contributed by atoms with Crippen LogP contribution in [-0.2, 0) is 20.4 Å². The zero-order valence-corrected chi connectivity index (χ0v) is 16.1. The maximum Gasteiger partial charge on any atom is 0.416 e. The molecular formula is C21H26F3NO4. The molecule has 8 heteroatoms. The number of rotatable bonds is 9. The number of hydrogen-bond donors (Lipinski definition) is 2. The summed E-state index contributed by atoms with van der Waals surface area (Å²) < 4.78 is 49.9. The van der Waals surface area contributed by atoms with Gasteiger partial charge in [-0.3, -0.25) is 4.79 Å². The molecule has 0 spiro atoms. The van der Waals surface area contributed by atoms with Crippen molar-refractivity contribution in [2.75, 3.05) is 19.8 Å².